The number of hydrogen-bond donors (Lipinski definition) is 1. The third-order valence-electron chi connectivity index (χ3n) is 3.57. The fourth-order valence-corrected chi connectivity index (χ4v) is 2.53. The predicted molar refractivity (Wildman–Crippen MR) is 77.9 cm³/mol. The van der Waals surface area contributed by atoms with Crippen LogP contribution in [0.2, 0.25) is 0 Å². The van der Waals surface area contributed by atoms with Crippen molar-refractivity contribution in [3.8, 4) is 0 Å². The number of carbonyl (C=O) groups is 1. The number of amides is 1. The molecule has 4 heteroatoms. The lowest BCUT2D eigenvalue weighted by atomic mass is 10.1. The Labute approximate surface area is 115 Å². The van der Waals surface area contributed by atoms with E-state index in [2.05, 4.69) is 11.8 Å². The maximum atomic E-state index is 12.2. The van der Waals surface area contributed by atoms with E-state index in [1.165, 1.54) is 6.42 Å². The molecule has 4 nitrogen and oxygen atoms in total. The molecule has 1 aromatic carbocycles. The van der Waals surface area contributed by atoms with Gasteiger partial charge >= 0.3 is 0 Å². The molecule has 0 radical (unpaired) electrons. The molecular formula is C15H23N3O. The Balaban J connectivity index is 1.84. The topological polar surface area (TPSA) is 49.6 Å². The van der Waals surface area contributed by atoms with Crippen LogP contribution in [0.4, 0.5) is 5.69 Å². The van der Waals surface area contributed by atoms with Crippen LogP contribution in [0.3, 0.4) is 0 Å². The molecule has 1 aliphatic heterocycles. The first-order chi connectivity index (χ1) is 9.19. The summed E-state index contributed by atoms with van der Waals surface area (Å²) in [6, 6.07) is 7.58. The molecule has 2 N–H and O–H groups in total. The monoisotopic (exact) mass is 261 g/mol. The van der Waals surface area contributed by atoms with E-state index in [-0.39, 0.29) is 5.91 Å². The van der Waals surface area contributed by atoms with Crippen LogP contribution in [0.15, 0.2) is 24.3 Å². The van der Waals surface area contributed by atoms with Gasteiger partial charge in [0.2, 0.25) is 5.91 Å². The molecule has 1 fully saturated rings. The second kappa shape index (κ2) is 6.57. The van der Waals surface area contributed by atoms with Crippen molar-refractivity contribution in [2.45, 2.75) is 19.8 Å². The molecule has 104 valence electrons. The van der Waals surface area contributed by atoms with Crippen LogP contribution < -0.4 is 5.73 Å². The fourth-order valence-electron chi connectivity index (χ4n) is 2.53. The van der Waals surface area contributed by atoms with E-state index in [0.29, 0.717) is 6.42 Å². The second-order valence-electron chi connectivity index (χ2n) is 5.14. The number of nitrogens with zero attached hydrogens (tertiary/aromatic N) is 2. The van der Waals surface area contributed by atoms with Crippen LogP contribution in [0.1, 0.15) is 18.9 Å². The highest BCUT2D eigenvalue weighted by Crippen LogP contribution is 2.10. The van der Waals surface area contributed by atoms with E-state index in [9.17, 15) is 4.79 Å². The lowest BCUT2D eigenvalue weighted by Gasteiger charge is -2.34. The van der Waals surface area contributed by atoms with Gasteiger partial charge in [-0.05, 0) is 30.7 Å². The number of rotatable bonds is 4. The first-order valence-corrected chi connectivity index (χ1v) is 7.03. The summed E-state index contributed by atoms with van der Waals surface area (Å²) >= 11 is 0. The molecule has 2 rings (SSSR count). The van der Waals surface area contributed by atoms with E-state index >= 15 is 0 Å². The van der Waals surface area contributed by atoms with Crippen LogP contribution in [0.25, 0.3) is 0 Å². The Hall–Kier alpha value is -1.55. The number of nitrogens with two attached hydrogens (primary N) is 1. The number of benzene rings is 1. The molecular weight excluding hydrogens is 238 g/mol. The number of carbonyl (C=O) groups excluding carboxylic acids is 1. The summed E-state index contributed by atoms with van der Waals surface area (Å²) in [5.74, 6) is 0.210. The fraction of sp³-hybridized carbons (Fsp3) is 0.533. The lowest BCUT2D eigenvalue weighted by molar-refractivity contribution is -0.132. The van der Waals surface area contributed by atoms with E-state index in [0.717, 1.165) is 44.0 Å². The largest absolute Gasteiger partial charge is 0.399 e. The Morgan fingerprint density at radius 2 is 2.00 bits per heavy atom. The Bertz CT molecular complexity index is 425. The maximum absolute atomic E-state index is 12.2. The molecule has 1 aromatic rings. The minimum absolute atomic E-state index is 0.210. The normalized spacial score (nSPS) is 16.6. The molecule has 1 amide bonds. The van der Waals surface area contributed by atoms with E-state index < -0.39 is 0 Å². The molecule has 0 unspecified atom stereocenters. The molecule has 1 saturated heterocycles. The van der Waals surface area contributed by atoms with Crippen molar-refractivity contribution >= 4 is 11.6 Å². The van der Waals surface area contributed by atoms with Gasteiger partial charge in [-0.1, -0.05) is 19.1 Å². The summed E-state index contributed by atoms with van der Waals surface area (Å²) in [5, 5.41) is 0. The zero-order chi connectivity index (χ0) is 13.7. The van der Waals surface area contributed by atoms with Crippen molar-refractivity contribution in [2.24, 2.45) is 0 Å². The second-order valence-corrected chi connectivity index (χ2v) is 5.14. The number of hydrogen-bond acceptors (Lipinski definition) is 3. The standard InChI is InChI=1S/C15H23N3O/c1-2-6-17-7-9-18(10-8-17)15(19)12-13-4-3-5-14(16)11-13/h3-5,11H,2,6-10,12,16H2,1H3. The summed E-state index contributed by atoms with van der Waals surface area (Å²) < 4.78 is 0. The third-order valence-corrected chi connectivity index (χ3v) is 3.57. The van der Waals surface area contributed by atoms with Crippen molar-refractivity contribution < 1.29 is 4.79 Å². The first kappa shape index (κ1) is 13.9. The summed E-state index contributed by atoms with van der Waals surface area (Å²) in [5.41, 5.74) is 7.45. The average Bonchev–Trinajstić information content (AvgIpc) is 2.40. The minimum Gasteiger partial charge on any atom is -0.399 e. The SMILES string of the molecule is CCCN1CCN(C(=O)Cc2cccc(N)c2)CC1. The quantitative estimate of drug-likeness (QED) is 0.833. The highest BCUT2D eigenvalue weighted by Gasteiger charge is 2.20. The molecule has 1 aliphatic rings. The third kappa shape index (κ3) is 3.96. The van der Waals surface area contributed by atoms with Gasteiger partial charge in [-0.3, -0.25) is 9.69 Å². The van der Waals surface area contributed by atoms with Crippen molar-refractivity contribution in [3.05, 3.63) is 29.8 Å². The van der Waals surface area contributed by atoms with Crippen LogP contribution >= 0.6 is 0 Å². The van der Waals surface area contributed by atoms with Gasteiger partial charge in [0.05, 0.1) is 6.42 Å². The predicted octanol–water partition coefficient (Wildman–Crippen LogP) is 1.37. The van der Waals surface area contributed by atoms with Crippen LogP contribution in [-0.2, 0) is 11.2 Å². The molecule has 0 saturated carbocycles. The smallest absolute Gasteiger partial charge is 0.227 e. The number of piperazine rings is 1. The molecule has 1 heterocycles. The molecule has 0 bridgehead atoms. The van der Waals surface area contributed by atoms with Gasteiger partial charge in [0, 0.05) is 31.9 Å². The zero-order valence-electron chi connectivity index (χ0n) is 11.6. The Morgan fingerprint density at radius 1 is 1.26 bits per heavy atom. The number of anilines is 1. The molecule has 0 spiro atoms. The molecule has 0 aliphatic carbocycles. The van der Waals surface area contributed by atoms with Gasteiger partial charge in [-0.15, -0.1) is 0 Å². The molecule has 0 aromatic heterocycles. The van der Waals surface area contributed by atoms with Gasteiger partial charge in [0.15, 0.2) is 0 Å². The van der Waals surface area contributed by atoms with E-state index in [1.807, 2.05) is 29.2 Å². The van der Waals surface area contributed by atoms with Crippen molar-refractivity contribution in [1.29, 1.82) is 0 Å². The van der Waals surface area contributed by atoms with Crippen LogP contribution in [0.5, 0.6) is 0 Å². The van der Waals surface area contributed by atoms with Crippen molar-refractivity contribution in [2.75, 3.05) is 38.5 Å². The van der Waals surface area contributed by atoms with Crippen molar-refractivity contribution in [3.63, 3.8) is 0 Å². The van der Waals surface area contributed by atoms with Crippen molar-refractivity contribution in [1.82, 2.24) is 9.80 Å². The minimum atomic E-state index is 0.210. The Morgan fingerprint density at radius 3 is 2.63 bits per heavy atom. The summed E-state index contributed by atoms with van der Waals surface area (Å²) in [4.78, 5) is 16.6. The Kier molecular flexibility index (Phi) is 4.80. The van der Waals surface area contributed by atoms with Gasteiger partial charge < -0.3 is 10.6 Å². The summed E-state index contributed by atoms with van der Waals surface area (Å²) in [7, 11) is 0. The lowest BCUT2D eigenvalue weighted by Crippen LogP contribution is -2.49. The maximum Gasteiger partial charge on any atom is 0.227 e. The van der Waals surface area contributed by atoms with Crippen LogP contribution in [0, 0.1) is 0 Å². The highest BCUT2D eigenvalue weighted by molar-refractivity contribution is 5.79. The van der Waals surface area contributed by atoms with Gasteiger partial charge in [0.25, 0.3) is 0 Å². The summed E-state index contributed by atoms with van der Waals surface area (Å²) in [6.07, 6.45) is 1.63. The molecule has 0 atom stereocenters. The summed E-state index contributed by atoms with van der Waals surface area (Å²) in [6.45, 7) is 7.02. The van der Waals surface area contributed by atoms with E-state index in [1.54, 1.807) is 0 Å². The zero-order valence-corrected chi connectivity index (χ0v) is 11.6. The number of nitrogen functional groups attached to an aromatic ring is 1. The van der Waals surface area contributed by atoms with Gasteiger partial charge in [0.1, 0.15) is 0 Å². The highest BCUT2D eigenvalue weighted by atomic mass is 16.2. The first-order valence-electron chi connectivity index (χ1n) is 7.03. The average molecular weight is 261 g/mol. The molecule has 19 heavy (non-hydrogen) atoms. The van der Waals surface area contributed by atoms with Crippen LogP contribution in [-0.4, -0.2) is 48.4 Å². The van der Waals surface area contributed by atoms with Gasteiger partial charge in [-0.2, -0.15) is 0 Å². The van der Waals surface area contributed by atoms with E-state index in [4.69, 9.17) is 5.73 Å². The van der Waals surface area contributed by atoms with Gasteiger partial charge in [-0.25, -0.2) is 0 Å².